The quantitative estimate of drug-likeness (QED) is 0.805. The number of rotatable bonds is 2. The monoisotopic (exact) mass is 208 g/mol. The van der Waals surface area contributed by atoms with Gasteiger partial charge in [-0.3, -0.25) is 4.79 Å². The third kappa shape index (κ3) is 2.03. The molecule has 80 valence electrons. The lowest BCUT2D eigenvalue weighted by atomic mass is 10.1. The van der Waals surface area contributed by atoms with Gasteiger partial charge in [0.1, 0.15) is 0 Å². The van der Waals surface area contributed by atoms with Crippen molar-refractivity contribution in [3.63, 3.8) is 0 Å². The highest BCUT2D eigenvalue weighted by atomic mass is 16.7. The standard InChI is InChI=1S/C11H12O4/c1-11(2)14-8-4-3-7(6-10(12)13)5-9(8)15-11/h3-5H,6H2,1-2H3,(H,12,13). The molecule has 0 bridgehead atoms. The van der Waals surface area contributed by atoms with Crippen molar-refractivity contribution in [2.75, 3.05) is 0 Å². The Morgan fingerprint density at radius 3 is 2.67 bits per heavy atom. The van der Waals surface area contributed by atoms with Gasteiger partial charge in [0.2, 0.25) is 5.79 Å². The molecule has 0 spiro atoms. The van der Waals surface area contributed by atoms with Crippen LogP contribution in [-0.4, -0.2) is 16.9 Å². The van der Waals surface area contributed by atoms with E-state index in [1.54, 1.807) is 18.2 Å². The Hall–Kier alpha value is -1.71. The third-order valence-electron chi connectivity index (χ3n) is 2.07. The zero-order valence-corrected chi connectivity index (χ0v) is 8.61. The first-order chi connectivity index (χ1) is 6.96. The predicted molar refractivity (Wildman–Crippen MR) is 53.1 cm³/mol. The molecular weight excluding hydrogens is 196 g/mol. The number of hydrogen-bond donors (Lipinski definition) is 1. The van der Waals surface area contributed by atoms with Crippen LogP contribution in [-0.2, 0) is 11.2 Å². The van der Waals surface area contributed by atoms with Gasteiger partial charge in [-0.25, -0.2) is 0 Å². The Morgan fingerprint density at radius 1 is 1.33 bits per heavy atom. The Kier molecular flexibility index (Phi) is 2.07. The fourth-order valence-electron chi connectivity index (χ4n) is 1.55. The highest BCUT2D eigenvalue weighted by Crippen LogP contribution is 2.39. The average molecular weight is 208 g/mol. The van der Waals surface area contributed by atoms with Gasteiger partial charge in [-0.15, -0.1) is 0 Å². The van der Waals surface area contributed by atoms with Crippen molar-refractivity contribution in [1.82, 2.24) is 0 Å². The van der Waals surface area contributed by atoms with E-state index in [-0.39, 0.29) is 6.42 Å². The van der Waals surface area contributed by atoms with Gasteiger partial charge in [0.15, 0.2) is 11.5 Å². The van der Waals surface area contributed by atoms with Crippen LogP contribution in [0.15, 0.2) is 18.2 Å². The molecule has 0 saturated carbocycles. The number of hydrogen-bond acceptors (Lipinski definition) is 3. The van der Waals surface area contributed by atoms with Crippen molar-refractivity contribution in [1.29, 1.82) is 0 Å². The second-order valence-electron chi connectivity index (χ2n) is 3.96. The largest absolute Gasteiger partial charge is 0.481 e. The Morgan fingerprint density at radius 2 is 2.00 bits per heavy atom. The van der Waals surface area contributed by atoms with Gasteiger partial charge >= 0.3 is 5.97 Å². The van der Waals surface area contributed by atoms with E-state index in [1.807, 2.05) is 13.8 Å². The summed E-state index contributed by atoms with van der Waals surface area (Å²) in [6, 6.07) is 5.18. The molecule has 1 aliphatic rings. The van der Waals surface area contributed by atoms with Crippen LogP contribution in [0.3, 0.4) is 0 Å². The van der Waals surface area contributed by atoms with Crippen molar-refractivity contribution >= 4 is 5.97 Å². The zero-order valence-electron chi connectivity index (χ0n) is 8.61. The minimum absolute atomic E-state index is 0.00291. The molecule has 0 aliphatic carbocycles. The van der Waals surface area contributed by atoms with Gasteiger partial charge in [0.25, 0.3) is 0 Å². The minimum Gasteiger partial charge on any atom is -0.481 e. The SMILES string of the molecule is CC1(C)Oc2ccc(CC(=O)O)cc2O1. The molecule has 1 aromatic rings. The van der Waals surface area contributed by atoms with Crippen molar-refractivity contribution in [3.05, 3.63) is 23.8 Å². The van der Waals surface area contributed by atoms with Crippen LogP contribution in [0.4, 0.5) is 0 Å². The van der Waals surface area contributed by atoms with Crippen LogP contribution < -0.4 is 9.47 Å². The summed E-state index contributed by atoms with van der Waals surface area (Å²) in [5.41, 5.74) is 0.711. The summed E-state index contributed by atoms with van der Waals surface area (Å²) in [4.78, 5) is 10.5. The van der Waals surface area contributed by atoms with Crippen molar-refractivity contribution < 1.29 is 19.4 Å². The summed E-state index contributed by atoms with van der Waals surface area (Å²) in [5, 5.41) is 8.65. The van der Waals surface area contributed by atoms with Crippen molar-refractivity contribution in [3.8, 4) is 11.5 Å². The number of benzene rings is 1. The maximum atomic E-state index is 10.5. The molecule has 1 aromatic carbocycles. The Bertz CT molecular complexity index is 409. The van der Waals surface area contributed by atoms with Crippen LogP contribution in [0.25, 0.3) is 0 Å². The van der Waals surface area contributed by atoms with E-state index < -0.39 is 11.8 Å². The highest BCUT2D eigenvalue weighted by Gasteiger charge is 2.31. The molecule has 0 aromatic heterocycles. The molecule has 0 fully saturated rings. The van der Waals surface area contributed by atoms with Crippen LogP contribution in [0.1, 0.15) is 19.4 Å². The van der Waals surface area contributed by atoms with Crippen LogP contribution in [0.5, 0.6) is 11.5 Å². The summed E-state index contributed by atoms with van der Waals surface area (Å²) in [5.74, 6) is -0.245. The normalized spacial score (nSPS) is 16.4. The number of carboxylic acids is 1. The van der Waals surface area contributed by atoms with Crippen LogP contribution >= 0.6 is 0 Å². The minimum atomic E-state index is -0.854. The average Bonchev–Trinajstić information content (AvgIpc) is 2.36. The summed E-state index contributed by atoms with van der Waals surface area (Å²) >= 11 is 0. The van der Waals surface area contributed by atoms with Crippen LogP contribution in [0, 0.1) is 0 Å². The molecule has 0 saturated heterocycles. The summed E-state index contributed by atoms with van der Waals surface area (Å²) in [6.07, 6.45) is -0.00291. The molecule has 1 heterocycles. The molecule has 1 N–H and O–H groups in total. The van der Waals surface area contributed by atoms with Crippen molar-refractivity contribution in [2.24, 2.45) is 0 Å². The van der Waals surface area contributed by atoms with Gasteiger partial charge in [0.05, 0.1) is 6.42 Å². The van der Waals surface area contributed by atoms with E-state index in [2.05, 4.69) is 0 Å². The summed E-state index contributed by atoms with van der Waals surface area (Å²) in [6.45, 7) is 3.62. The first kappa shape index (κ1) is 9.83. The lowest BCUT2D eigenvalue weighted by Gasteiger charge is -2.16. The fraction of sp³-hybridized carbons (Fsp3) is 0.364. The molecule has 1 aliphatic heterocycles. The zero-order chi connectivity index (χ0) is 11.1. The third-order valence-corrected chi connectivity index (χ3v) is 2.07. The molecule has 0 unspecified atom stereocenters. The first-order valence-electron chi connectivity index (χ1n) is 4.69. The number of aliphatic carboxylic acids is 1. The topological polar surface area (TPSA) is 55.8 Å². The smallest absolute Gasteiger partial charge is 0.307 e. The summed E-state index contributed by atoms with van der Waals surface area (Å²) < 4.78 is 11.0. The second kappa shape index (κ2) is 3.15. The number of carbonyl (C=O) groups is 1. The maximum Gasteiger partial charge on any atom is 0.307 e. The molecule has 4 heteroatoms. The van der Waals surface area contributed by atoms with E-state index in [0.717, 1.165) is 0 Å². The van der Waals surface area contributed by atoms with E-state index in [9.17, 15) is 4.79 Å². The van der Waals surface area contributed by atoms with E-state index in [1.165, 1.54) is 0 Å². The van der Waals surface area contributed by atoms with Gasteiger partial charge in [-0.1, -0.05) is 6.07 Å². The van der Waals surface area contributed by atoms with E-state index in [4.69, 9.17) is 14.6 Å². The lowest BCUT2D eigenvalue weighted by Crippen LogP contribution is -2.29. The first-order valence-corrected chi connectivity index (χ1v) is 4.69. The number of ether oxygens (including phenoxy) is 2. The van der Waals surface area contributed by atoms with E-state index in [0.29, 0.717) is 17.1 Å². The Labute approximate surface area is 87.4 Å². The lowest BCUT2D eigenvalue weighted by molar-refractivity contribution is -0.136. The van der Waals surface area contributed by atoms with E-state index >= 15 is 0 Å². The van der Waals surface area contributed by atoms with Gasteiger partial charge < -0.3 is 14.6 Å². The predicted octanol–water partition coefficient (Wildman–Crippen LogP) is 1.82. The van der Waals surface area contributed by atoms with Crippen LogP contribution in [0.2, 0.25) is 0 Å². The Balaban J connectivity index is 2.26. The summed E-state index contributed by atoms with van der Waals surface area (Å²) in [7, 11) is 0. The molecular formula is C11H12O4. The van der Waals surface area contributed by atoms with Gasteiger partial charge in [-0.05, 0) is 17.7 Å². The second-order valence-corrected chi connectivity index (χ2v) is 3.96. The van der Waals surface area contributed by atoms with Gasteiger partial charge in [-0.2, -0.15) is 0 Å². The molecule has 4 nitrogen and oxygen atoms in total. The highest BCUT2D eigenvalue weighted by molar-refractivity contribution is 5.70. The number of carboxylic acid groups (broad SMARTS) is 1. The van der Waals surface area contributed by atoms with Crippen molar-refractivity contribution in [2.45, 2.75) is 26.1 Å². The maximum absolute atomic E-state index is 10.5. The fourth-order valence-corrected chi connectivity index (χ4v) is 1.55. The molecule has 2 rings (SSSR count). The molecule has 0 amide bonds. The molecule has 0 radical (unpaired) electrons. The molecule has 15 heavy (non-hydrogen) atoms. The molecule has 0 atom stereocenters. The number of fused-ring (bicyclic) bond motifs is 1. The van der Waals surface area contributed by atoms with Gasteiger partial charge in [0, 0.05) is 13.8 Å².